The Morgan fingerprint density at radius 2 is 1.71 bits per heavy atom. The minimum absolute atomic E-state index is 0.0193. The second-order valence-electron chi connectivity index (χ2n) is 9.89. The van der Waals surface area contributed by atoms with Gasteiger partial charge in [0.05, 0.1) is 28.8 Å². The first-order valence-corrected chi connectivity index (χ1v) is 12.9. The van der Waals surface area contributed by atoms with Crippen LogP contribution >= 0.6 is 0 Å². The minimum atomic E-state index is -4.52. The van der Waals surface area contributed by atoms with Crippen molar-refractivity contribution < 1.29 is 18.0 Å². The third-order valence-electron chi connectivity index (χ3n) is 7.02. The number of aryl methyl sites for hydroxylation is 3. The van der Waals surface area contributed by atoms with E-state index in [0.717, 1.165) is 40.0 Å². The Morgan fingerprint density at radius 3 is 2.43 bits per heavy atom. The molecule has 42 heavy (non-hydrogen) atoms. The number of fused-ring (bicyclic) bond motifs is 2. The zero-order valence-corrected chi connectivity index (χ0v) is 22.8. The number of urea groups is 1. The van der Waals surface area contributed by atoms with Crippen molar-refractivity contribution in [2.75, 3.05) is 16.4 Å². The summed E-state index contributed by atoms with van der Waals surface area (Å²) >= 11 is 0. The third kappa shape index (κ3) is 4.66. The van der Waals surface area contributed by atoms with E-state index in [4.69, 9.17) is 10.7 Å². The molecular weight excluding hydrogens is 545 g/mol. The number of carbonyl (C=O) groups excluding carboxylic acids is 1. The molecule has 0 aliphatic rings. The lowest BCUT2D eigenvalue weighted by atomic mass is 10.00. The predicted octanol–water partition coefficient (Wildman–Crippen LogP) is 6.81. The van der Waals surface area contributed by atoms with Gasteiger partial charge in [-0.1, -0.05) is 36.4 Å². The fourth-order valence-electron chi connectivity index (χ4n) is 5.21. The highest BCUT2D eigenvalue weighted by atomic mass is 19.4. The number of hydrogen-bond acceptors (Lipinski definition) is 5. The number of aromatic nitrogens is 5. The number of nitrogens with one attached hydrogen (secondary N) is 2. The van der Waals surface area contributed by atoms with Crippen LogP contribution in [-0.2, 0) is 13.2 Å². The number of benzene rings is 3. The standard InChI is InChI=1S/C30H25F3N8O/c1-16-23(15-40(3)39-16)25-14-35-28(34)27-26(36-17(2)41(25)27)22-11-12-24(21-10-5-4-9-20(21)22)38-29(42)37-19-8-6-7-18(13-19)30(31,32)33/h4-15H,1-3H3,(H2,34,35)(H2,37,38,42). The van der Waals surface area contributed by atoms with Crippen LogP contribution in [0.5, 0.6) is 0 Å². The van der Waals surface area contributed by atoms with Gasteiger partial charge < -0.3 is 16.4 Å². The van der Waals surface area contributed by atoms with Crippen LogP contribution in [0.1, 0.15) is 17.1 Å². The number of nitrogens with two attached hydrogens (primary N) is 1. The second-order valence-corrected chi connectivity index (χ2v) is 9.89. The van der Waals surface area contributed by atoms with Gasteiger partial charge >= 0.3 is 12.2 Å². The van der Waals surface area contributed by atoms with Crippen LogP contribution in [0, 0.1) is 13.8 Å². The molecule has 4 N–H and O–H groups in total. The summed E-state index contributed by atoms with van der Waals surface area (Å²) in [4.78, 5) is 22.2. The number of imidazole rings is 1. The molecule has 6 rings (SSSR count). The highest BCUT2D eigenvalue weighted by Gasteiger charge is 2.30. The van der Waals surface area contributed by atoms with Crippen LogP contribution < -0.4 is 16.4 Å². The molecule has 0 aliphatic heterocycles. The SMILES string of the molecule is Cc1nn(C)cc1-c1cnc(N)c2c(-c3ccc(NC(=O)Nc4cccc(C(F)(F)F)c4)c4ccccc34)nc(C)n12. The molecule has 12 heteroatoms. The van der Waals surface area contributed by atoms with Crippen LogP contribution in [0.15, 0.2) is 73.1 Å². The number of anilines is 3. The molecule has 3 heterocycles. The topological polar surface area (TPSA) is 115 Å². The maximum absolute atomic E-state index is 13.1. The maximum atomic E-state index is 13.1. The Labute approximate surface area is 237 Å². The molecule has 0 aliphatic carbocycles. The summed E-state index contributed by atoms with van der Waals surface area (Å²) in [5, 5.41) is 11.2. The first-order valence-electron chi connectivity index (χ1n) is 12.9. The number of amides is 2. The highest BCUT2D eigenvalue weighted by molar-refractivity contribution is 6.11. The monoisotopic (exact) mass is 570 g/mol. The molecule has 0 radical (unpaired) electrons. The van der Waals surface area contributed by atoms with Crippen LogP contribution in [-0.4, -0.2) is 30.2 Å². The summed E-state index contributed by atoms with van der Waals surface area (Å²) in [6.07, 6.45) is -0.896. The summed E-state index contributed by atoms with van der Waals surface area (Å²) in [5.41, 5.74) is 10.6. The zero-order chi connectivity index (χ0) is 29.8. The molecule has 0 spiro atoms. The van der Waals surface area contributed by atoms with Crippen molar-refractivity contribution in [2.45, 2.75) is 20.0 Å². The van der Waals surface area contributed by atoms with Gasteiger partial charge in [-0.05, 0) is 43.5 Å². The zero-order valence-electron chi connectivity index (χ0n) is 22.8. The first kappa shape index (κ1) is 26.8. The van der Waals surface area contributed by atoms with Crippen molar-refractivity contribution in [1.82, 2.24) is 24.1 Å². The van der Waals surface area contributed by atoms with Gasteiger partial charge in [0.2, 0.25) is 0 Å². The average molecular weight is 571 g/mol. The first-order chi connectivity index (χ1) is 20.0. The molecule has 3 aromatic carbocycles. The van der Waals surface area contributed by atoms with E-state index in [1.165, 1.54) is 12.1 Å². The highest BCUT2D eigenvalue weighted by Crippen LogP contribution is 2.38. The van der Waals surface area contributed by atoms with Crippen molar-refractivity contribution in [3.8, 4) is 22.5 Å². The second kappa shape index (κ2) is 9.91. The molecule has 212 valence electrons. The molecule has 3 aromatic heterocycles. The number of carbonyl (C=O) groups is 1. The van der Waals surface area contributed by atoms with Crippen LogP contribution in [0.4, 0.5) is 35.2 Å². The van der Waals surface area contributed by atoms with E-state index in [1.807, 2.05) is 61.8 Å². The molecule has 0 unspecified atom stereocenters. The van der Waals surface area contributed by atoms with E-state index >= 15 is 0 Å². The Bertz CT molecular complexity index is 2010. The Kier molecular flexibility index (Phi) is 6.33. The summed E-state index contributed by atoms with van der Waals surface area (Å²) in [6.45, 7) is 3.81. The average Bonchev–Trinajstić information content (AvgIpc) is 3.47. The quantitative estimate of drug-likeness (QED) is 0.215. The largest absolute Gasteiger partial charge is 0.416 e. The lowest BCUT2D eigenvalue weighted by Crippen LogP contribution is -2.20. The molecule has 0 saturated carbocycles. The van der Waals surface area contributed by atoms with E-state index in [2.05, 4.69) is 20.7 Å². The molecule has 9 nitrogen and oxygen atoms in total. The fraction of sp³-hybridized carbons (Fsp3) is 0.133. The normalized spacial score (nSPS) is 11.8. The predicted molar refractivity (Wildman–Crippen MR) is 156 cm³/mol. The Balaban J connectivity index is 1.41. The number of halogens is 3. The van der Waals surface area contributed by atoms with E-state index in [1.54, 1.807) is 16.9 Å². The number of nitrogens with zero attached hydrogens (tertiary/aromatic N) is 5. The molecule has 0 atom stereocenters. The Hall–Kier alpha value is -5.39. The van der Waals surface area contributed by atoms with Crippen molar-refractivity contribution >= 4 is 39.5 Å². The smallest absolute Gasteiger partial charge is 0.382 e. The van der Waals surface area contributed by atoms with Gasteiger partial charge in [-0.25, -0.2) is 14.8 Å². The van der Waals surface area contributed by atoms with Crippen molar-refractivity contribution in [1.29, 1.82) is 0 Å². The van der Waals surface area contributed by atoms with Gasteiger partial charge in [0, 0.05) is 35.4 Å². The summed E-state index contributed by atoms with van der Waals surface area (Å²) in [7, 11) is 1.85. The van der Waals surface area contributed by atoms with E-state index in [9.17, 15) is 18.0 Å². The van der Waals surface area contributed by atoms with Crippen LogP contribution in [0.25, 0.3) is 38.8 Å². The summed E-state index contributed by atoms with van der Waals surface area (Å²) in [5.74, 6) is 1.02. The fourth-order valence-corrected chi connectivity index (χ4v) is 5.21. The van der Waals surface area contributed by atoms with Crippen LogP contribution in [0.2, 0.25) is 0 Å². The molecule has 0 saturated heterocycles. The molecule has 2 amide bonds. The molecule has 0 fully saturated rings. The van der Waals surface area contributed by atoms with Crippen LogP contribution in [0.3, 0.4) is 0 Å². The third-order valence-corrected chi connectivity index (χ3v) is 7.02. The van der Waals surface area contributed by atoms with Crippen molar-refractivity contribution in [3.05, 3.63) is 90.1 Å². The lowest BCUT2D eigenvalue weighted by Gasteiger charge is -2.14. The van der Waals surface area contributed by atoms with E-state index < -0.39 is 17.8 Å². The minimum Gasteiger partial charge on any atom is -0.382 e. The Morgan fingerprint density at radius 1 is 0.952 bits per heavy atom. The number of hydrogen-bond donors (Lipinski definition) is 3. The van der Waals surface area contributed by atoms with E-state index in [-0.39, 0.29) is 5.69 Å². The molecular formula is C30H25F3N8O. The van der Waals surface area contributed by atoms with Gasteiger partial charge in [-0.15, -0.1) is 0 Å². The van der Waals surface area contributed by atoms with Gasteiger partial charge in [0.15, 0.2) is 0 Å². The maximum Gasteiger partial charge on any atom is 0.416 e. The lowest BCUT2D eigenvalue weighted by molar-refractivity contribution is -0.137. The van der Waals surface area contributed by atoms with Gasteiger partial charge in [-0.2, -0.15) is 18.3 Å². The van der Waals surface area contributed by atoms with E-state index in [0.29, 0.717) is 33.9 Å². The number of nitrogen functional groups attached to an aromatic ring is 1. The number of rotatable bonds is 4. The number of alkyl halides is 3. The summed E-state index contributed by atoms with van der Waals surface area (Å²) in [6, 6.07) is 14.8. The molecule has 0 bridgehead atoms. The molecule has 6 aromatic rings. The van der Waals surface area contributed by atoms with Gasteiger partial charge in [0.25, 0.3) is 0 Å². The van der Waals surface area contributed by atoms with Gasteiger partial charge in [0.1, 0.15) is 22.9 Å². The van der Waals surface area contributed by atoms with Gasteiger partial charge in [-0.3, -0.25) is 9.08 Å². The summed E-state index contributed by atoms with van der Waals surface area (Å²) < 4.78 is 43.0. The van der Waals surface area contributed by atoms with Crippen molar-refractivity contribution in [3.63, 3.8) is 0 Å². The van der Waals surface area contributed by atoms with Crippen molar-refractivity contribution in [2.24, 2.45) is 7.05 Å².